The van der Waals surface area contributed by atoms with Crippen molar-refractivity contribution in [2.24, 2.45) is 17.8 Å². The molecule has 0 bridgehead atoms. The lowest BCUT2D eigenvalue weighted by Crippen LogP contribution is -2.36. The van der Waals surface area contributed by atoms with Crippen LogP contribution in [0.3, 0.4) is 0 Å². The van der Waals surface area contributed by atoms with E-state index in [9.17, 15) is 0 Å². The molecule has 3 atom stereocenters. The van der Waals surface area contributed by atoms with Gasteiger partial charge in [0.1, 0.15) is 11.4 Å². The Morgan fingerprint density at radius 3 is 2.00 bits per heavy atom. The predicted octanol–water partition coefficient (Wildman–Crippen LogP) is 9.64. The number of hydrogen-bond donors (Lipinski definition) is 0. The molecule has 1 heteroatoms. The summed E-state index contributed by atoms with van der Waals surface area (Å²) in [6, 6.07) is 4.72. The molecule has 0 spiro atoms. The molecule has 0 aromatic heterocycles. The van der Waals surface area contributed by atoms with E-state index in [1.807, 2.05) is 0 Å². The van der Waals surface area contributed by atoms with Crippen LogP contribution in [-0.2, 0) is 6.42 Å². The predicted molar refractivity (Wildman–Crippen MR) is 137 cm³/mol. The number of fused-ring (bicyclic) bond motifs is 1. The van der Waals surface area contributed by atoms with E-state index in [4.69, 9.17) is 4.74 Å². The van der Waals surface area contributed by atoms with Gasteiger partial charge in [-0.15, -0.1) is 0 Å². The van der Waals surface area contributed by atoms with Crippen LogP contribution in [0.2, 0.25) is 0 Å². The van der Waals surface area contributed by atoms with Crippen molar-refractivity contribution in [3.8, 4) is 5.75 Å². The highest BCUT2D eigenvalue weighted by atomic mass is 16.5. The van der Waals surface area contributed by atoms with Crippen LogP contribution in [0.4, 0.5) is 0 Å². The van der Waals surface area contributed by atoms with Gasteiger partial charge in [-0.05, 0) is 79.9 Å². The molecular weight excluding hydrogens is 376 g/mol. The normalized spacial score (nSPS) is 20.6. The van der Waals surface area contributed by atoms with Crippen molar-refractivity contribution in [3.63, 3.8) is 0 Å². The molecule has 1 aliphatic rings. The number of hydrogen-bond acceptors (Lipinski definition) is 1. The van der Waals surface area contributed by atoms with Gasteiger partial charge in [-0.1, -0.05) is 98.6 Å². The monoisotopic (exact) mass is 428 g/mol. The van der Waals surface area contributed by atoms with Gasteiger partial charge in [0.25, 0.3) is 0 Å². The lowest BCUT2D eigenvalue weighted by molar-refractivity contribution is 0.0515. The average molecular weight is 429 g/mol. The summed E-state index contributed by atoms with van der Waals surface area (Å²) in [6.45, 7) is 18.7. The van der Waals surface area contributed by atoms with Crippen LogP contribution < -0.4 is 4.74 Å². The molecule has 0 amide bonds. The van der Waals surface area contributed by atoms with Gasteiger partial charge >= 0.3 is 0 Å². The van der Waals surface area contributed by atoms with Crippen LogP contribution in [0.15, 0.2) is 12.1 Å². The van der Waals surface area contributed by atoms with Crippen molar-refractivity contribution in [1.29, 1.82) is 0 Å². The first-order valence-corrected chi connectivity index (χ1v) is 13.4. The van der Waals surface area contributed by atoms with Gasteiger partial charge in [0.15, 0.2) is 0 Å². The second-order valence-electron chi connectivity index (χ2n) is 11.9. The van der Waals surface area contributed by atoms with Crippen molar-refractivity contribution in [2.45, 2.75) is 138 Å². The third-order valence-corrected chi connectivity index (χ3v) is 7.59. The average Bonchev–Trinajstić information content (AvgIpc) is 2.68. The van der Waals surface area contributed by atoms with Gasteiger partial charge in [0.2, 0.25) is 0 Å². The van der Waals surface area contributed by atoms with E-state index in [1.165, 1.54) is 80.2 Å². The highest BCUT2D eigenvalue weighted by Crippen LogP contribution is 2.40. The zero-order valence-electron chi connectivity index (χ0n) is 22.2. The summed E-state index contributed by atoms with van der Waals surface area (Å²) in [7, 11) is 0. The van der Waals surface area contributed by atoms with Crippen LogP contribution in [-0.4, -0.2) is 5.60 Å². The summed E-state index contributed by atoms with van der Waals surface area (Å²) >= 11 is 0. The summed E-state index contributed by atoms with van der Waals surface area (Å²) in [5.74, 6) is 4.37. The van der Waals surface area contributed by atoms with E-state index < -0.39 is 0 Å². The largest absolute Gasteiger partial charge is 0.487 e. The van der Waals surface area contributed by atoms with Crippen LogP contribution in [0.1, 0.15) is 135 Å². The van der Waals surface area contributed by atoms with Crippen molar-refractivity contribution < 1.29 is 4.74 Å². The first-order chi connectivity index (χ1) is 14.6. The lowest BCUT2D eigenvalue weighted by atomic mass is 9.84. The van der Waals surface area contributed by atoms with Crippen molar-refractivity contribution in [3.05, 3.63) is 28.8 Å². The first-order valence-electron chi connectivity index (χ1n) is 13.4. The van der Waals surface area contributed by atoms with Crippen LogP contribution in [0, 0.1) is 24.7 Å². The van der Waals surface area contributed by atoms with Gasteiger partial charge in [-0.3, -0.25) is 0 Å². The van der Waals surface area contributed by atoms with Gasteiger partial charge < -0.3 is 4.74 Å². The Hall–Kier alpha value is -0.980. The van der Waals surface area contributed by atoms with Gasteiger partial charge in [0.05, 0.1) is 0 Å². The summed E-state index contributed by atoms with van der Waals surface area (Å²) in [4.78, 5) is 0. The second-order valence-corrected chi connectivity index (χ2v) is 11.9. The maximum Gasteiger partial charge on any atom is 0.126 e. The maximum absolute atomic E-state index is 6.63. The number of benzene rings is 1. The molecule has 0 saturated heterocycles. The highest BCUT2D eigenvalue weighted by Gasteiger charge is 2.32. The van der Waals surface area contributed by atoms with E-state index in [0.717, 1.165) is 30.6 Å². The van der Waals surface area contributed by atoms with Gasteiger partial charge in [-0.25, -0.2) is 0 Å². The Labute approximate surface area is 194 Å². The third-order valence-electron chi connectivity index (χ3n) is 7.59. The minimum Gasteiger partial charge on any atom is -0.487 e. The highest BCUT2D eigenvalue weighted by molar-refractivity contribution is 5.46. The molecule has 2 rings (SSSR count). The Morgan fingerprint density at radius 2 is 1.42 bits per heavy atom. The van der Waals surface area contributed by atoms with Crippen LogP contribution in [0.5, 0.6) is 5.75 Å². The third kappa shape index (κ3) is 8.82. The summed E-state index contributed by atoms with van der Waals surface area (Å²) in [5, 5.41) is 0. The molecule has 0 saturated carbocycles. The summed E-state index contributed by atoms with van der Waals surface area (Å²) in [6.07, 6.45) is 14.6. The zero-order chi connectivity index (χ0) is 23.0. The van der Waals surface area contributed by atoms with E-state index in [1.54, 1.807) is 0 Å². The van der Waals surface area contributed by atoms with E-state index in [-0.39, 0.29) is 5.60 Å². The second kappa shape index (κ2) is 12.3. The summed E-state index contributed by atoms with van der Waals surface area (Å²) in [5.41, 5.74) is 4.22. The standard InChI is InChI=1S/C30H52O/c1-22(2)12-9-13-24(5)14-10-15-25(6)16-11-18-30(8)19-17-27-21-28(23(3)4)20-26(7)29(27)31-30/h20-25H,9-19H2,1-8H3/t24?,25?,30-/m1/s1. The fourth-order valence-electron chi connectivity index (χ4n) is 5.22. The Balaban J connectivity index is 1.70. The topological polar surface area (TPSA) is 9.23 Å². The van der Waals surface area contributed by atoms with E-state index >= 15 is 0 Å². The molecule has 0 fully saturated rings. The van der Waals surface area contributed by atoms with Gasteiger partial charge in [0, 0.05) is 0 Å². The molecule has 0 radical (unpaired) electrons. The fraction of sp³-hybridized carbons (Fsp3) is 0.800. The molecule has 1 aromatic rings. The molecule has 1 heterocycles. The molecule has 1 aromatic carbocycles. The van der Waals surface area contributed by atoms with Gasteiger partial charge in [-0.2, -0.15) is 0 Å². The molecule has 2 unspecified atom stereocenters. The summed E-state index contributed by atoms with van der Waals surface area (Å²) < 4.78 is 6.63. The van der Waals surface area contributed by atoms with E-state index in [2.05, 4.69) is 67.5 Å². The molecule has 0 aliphatic carbocycles. The molecule has 31 heavy (non-hydrogen) atoms. The maximum atomic E-state index is 6.63. The quantitative estimate of drug-likeness (QED) is 0.304. The van der Waals surface area contributed by atoms with Crippen LogP contribution >= 0.6 is 0 Å². The van der Waals surface area contributed by atoms with E-state index in [0.29, 0.717) is 5.92 Å². The first kappa shape index (κ1) is 26.3. The number of aryl methyl sites for hydroxylation is 2. The SMILES string of the molecule is Cc1cc(C(C)C)cc2c1O[C@](C)(CCCC(C)CCCC(C)CCCC(C)C)CC2. The van der Waals surface area contributed by atoms with Crippen molar-refractivity contribution >= 4 is 0 Å². The fourth-order valence-corrected chi connectivity index (χ4v) is 5.22. The minimum absolute atomic E-state index is 0.0156. The number of ether oxygens (including phenoxy) is 1. The Morgan fingerprint density at radius 1 is 0.839 bits per heavy atom. The molecule has 178 valence electrons. The van der Waals surface area contributed by atoms with Crippen molar-refractivity contribution in [2.75, 3.05) is 0 Å². The number of rotatable bonds is 13. The molecule has 1 aliphatic heterocycles. The molecule has 1 nitrogen and oxygen atoms in total. The molecule has 0 N–H and O–H groups in total. The molecular formula is C30H52O. The Kier molecular flexibility index (Phi) is 10.4. The van der Waals surface area contributed by atoms with Crippen LogP contribution in [0.25, 0.3) is 0 Å². The minimum atomic E-state index is 0.0156. The lowest BCUT2D eigenvalue weighted by Gasteiger charge is -2.37. The van der Waals surface area contributed by atoms with Crippen molar-refractivity contribution in [1.82, 2.24) is 0 Å². The zero-order valence-corrected chi connectivity index (χ0v) is 22.2. The Bertz CT molecular complexity index is 659. The smallest absolute Gasteiger partial charge is 0.126 e.